The maximum absolute atomic E-state index is 5.64. The third-order valence-electron chi connectivity index (χ3n) is 3.06. The third-order valence-corrected chi connectivity index (χ3v) is 3.06. The molecular formula is C16H22N4O. The Balaban J connectivity index is 2.41. The summed E-state index contributed by atoms with van der Waals surface area (Å²) in [4.78, 5) is 13.3. The molecule has 0 bridgehead atoms. The van der Waals surface area contributed by atoms with Crippen molar-refractivity contribution in [3.8, 4) is 17.0 Å². The Labute approximate surface area is 125 Å². The molecule has 112 valence electrons. The summed E-state index contributed by atoms with van der Waals surface area (Å²) in [5, 5.41) is 3.27. The molecule has 0 aliphatic carbocycles. The minimum atomic E-state index is 0.690. The SMILES string of the molecule is CCCOc1cncc(-c2nc(C)nc(NCC)c2C)c1. The number of aryl methyl sites for hydroxylation is 1. The zero-order valence-corrected chi connectivity index (χ0v) is 13.1. The fourth-order valence-electron chi connectivity index (χ4n) is 2.10. The highest BCUT2D eigenvalue weighted by Gasteiger charge is 2.11. The number of hydrogen-bond donors (Lipinski definition) is 1. The largest absolute Gasteiger partial charge is 0.492 e. The van der Waals surface area contributed by atoms with Gasteiger partial charge in [-0.1, -0.05) is 6.92 Å². The minimum absolute atomic E-state index is 0.690. The van der Waals surface area contributed by atoms with Crippen LogP contribution < -0.4 is 10.1 Å². The fourth-order valence-corrected chi connectivity index (χ4v) is 2.10. The van der Waals surface area contributed by atoms with Gasteiger partial charge in [0, 0.05) is 23.9 Å². The lowest BCUT2D eigenvalue weighted by molar-refractivity contribution is 0.316. The molecule has 21 heavy (non-hydrogen) atoms. The Kier molecular flexibility index (Phi) is 5.09. The molecule has 5 nitrogen and oxygen atoms in total. The number of nitrogens with one attached hydrogen (secondary N) is 1. The highest BCUT2D eigenvalue weighted by molar-refractivity contribution is 5.68. The molecule has 0 saturated heterocycles. The number of aromatic nitrogens is 3. The van der Waals surface area contributed by atoms with Crippen LogP contribution in [0.25, 0.3) is 11.3 Å². The van der Waals surface area contributed by atoms with Gasteiger partial charge in [0.25, 0.3) is 0 Å². The molecule has 2 rings (SSSR count). The van der Waals surface area contributed by atoms with Crippen molar-refractivity contribution in [1.82, 2.24) is 15.0 Å². The Bertz CT molecular complexity index is 613. The predicted octanol–water partition coefficient (Wildman–Crippen LogP) is 3.38. The Hall–Kier alpha value is -2.17. The van der Waals surface area contributed by atoms with Crippen LogP contribution in [0.5, 0.6) is 5.75 Å². The average Bonchev–Trinajstić information content (AvgIpc) is 2.49. The topological polar surface area (TPSA) is 59.9 Å². The van der Waals surface area contributed by atoms with Crippen LogP contribution in [0.4, 0.5) is 5.82 Å². The van der Waals surface area contributed by atoms with E-state index in [4.69, 9.17) is 4.74 Å². The van der Waals surface area contributed by atoms with Crippen LogP contribution in [0.1, 0.15) is 31.7 Å². The van der Waals surface area contributed by atoms with E-state index < -0.39 is 0 Å². The normalized spacial score (nSPS) is 10.5. The molecule has 1 N–H and O–H groups in total. The van der Waals surface area contributed by atoms with Gasteiger partial charge >= 0.3 is 0 Å². The summed E-state index contributed by atoms with van der Waals surface area (Å²) < 4.78 is 5.64. The van der Waals surface area contributed by atoms with Crippen LogP contribution in [0.3, 0.4) is 0 Å². The van der Waals surface area contributed by atoms with Crippen molar-refractivity contribution >= 4 is 5.82 Å². The molecule has 0 radical (unpaired) electrons. The maximum Gasteiger partial charge on any atom is 0.138 e. The summed E-state index contributed by atoms with van der Waals surface area (Å²) in [7, 11) is 0. The summed E-state index contributed by atoms with van der Waals surface area (Å²) >= 11 is 0. The first-order chi connectivity index (χ1) is 10.2. The van der Waals surface area contributed by atoms with E-state index in [9.17, 15) is 0 Å². The van der Waals surface area contributed by atoms with E-state index in [0.717, 1.165) is 47.2 Å². The standard InChI is InChI=1S/C16H22N4O/c1-5-7-21-14-8-13(9-17-10-14)15-11(3)16(18-6-2)20-12(4)19-15/h8-10H,5-7H2,1-4H3,(H,18,19,20). The van der Waals surface area contributed by atoms with Gasteiger partial charge in [-0.2, -0.15) is 0 Å². The fraction of sp³-hybridized carbons (Fsp3) is 0.438. The van der Waals surface area contributed by atoms with Crippen molar-refractivity contribution in [1.29, 1.82) is 0 Å². The van der Waals surface area contributed by atoms with Gasteiger partial charge in [0.1, 0.15) is 17.4 Å². The predicted molar refractivity (Wildman–Crippen MR) is 84.7 cm³/mol. The van der Waals surface area contributed by atoms with Crippen LogP contribution in [-0.4, -0.2) is 28.1 Å². The molecule has 0 unspecified atom stereocenters. The van der Waals surface area contributed by atoms with Crippen LogP contribution in [0, 0.1) is 13.8 Å². The lowest BCUT2D eigenvalue weighted by Gasteiger charge is -2.12. The van der Waals surface area contributed by atoms with Crippen LogP contribution in [-0.2, 0) is 0 Å². The monoisotopic (exact) mass is 286 g/mol. The molecule has 2 aromatic heterocycles. The Morgan fingerprint density at radius 3 is 2.67 bits per heavy atom. The van der Waals surface area contributed by atoms with Gasteiger partial charge in [0.2, 0.25) is 0 Å². The molecule has 0 aliphatic heterocycles. The summed E-state index contributed by atoms with van der Waals surface area (Å²) in [5.41, 5.74) is 2.87. The lowest BCUT2D eigenvalue weighted by Crippen LogP contribution is -2.06. The number of nitrogens with zero attached hydrogens (tertiary/aromatic N) is 3. The van der Waals surface area contributed by atoms with Crippen molar-refractivity contribution in [2.45, 2.75) is 34.1 Å². The van der Waals surface area contributed by atoms with Gasteiger partial charge in [-0.15, -0.1) is 0 Å². The zero-order valence-electron chi connectivity index (χ0n) is 13.1. The molecule has 2 aromatic rings. The number of pyridine rings is 1. The molecule has 0 aliphatic rings. The smallest absolute Gasteiger partial charge is 0.138 e. The van der Waals surface area contributed by atoms with Gasteiger partial charge in [0.15, 0.2) is 0 Å². The first-order valence-electron chi connectivity index (χ1n) is 7.33. The van der Waals surface area contributed by atoms with Crippen LogP contribution >= 0.6 is 0 Å². The van der Waals surface area contributed by atoms with E-state index in [0.29, 0.717) is 6.61 Å². The molecular weight excluding hydrogens is 264 g/mol. The van der Waals surface area contributed by atoms with Gasteiger partial charge in [-0.25, -0.2) is 9.97 Å². The number of rotatable bonds is 6. The van der Waals surface area contributed by atoms with Gasteiger partial charge < -0.3 is 10.1 Å². The molecule has 0 fully saturated rings. The second-order valence-electron chi connectivity index (χ2n) is 4.88. The quantitative estimate of drug-likeness (QED) is 0.882. The van der Waals surface area contributed by atoms with Crippen molar-refractivity contribution in [2.75, 3.05) is 18.5 Å². The van der Waals surface area contributed by atoms with Gasteiger partial charge in [0.05, 0.1) is 18.5 Å². The van der Waals surface area contributed by atoms with Crippen molar-refractivity contribution in [3.63, 3.8) is 0 Å². The van der Waals surface area contributed by atoms with Crippen LogP contribution in [0.15, 0.2) is 18.5 Å². The van der Waals surface area contributed by atoms with E-state index in [-0.39, 0.29) is 0 Å². The van der Waals surface area contributed by atoms with Gasteiger partial charge in [-0.05, 0) is 33.3 Å². The summed E-state index contributed by atoms with van der Waals surface area (Å²) in [6, 6.07) is 1.98. The van der Waals surface area contributed by atoms with Crippen LogP contribution in [0.2, 0.25) is 0 Å². The molecule has 2 heterocycles. The minimum Gasteiger partial charge on any atom is -0.492 e. The molecule has 0 atom stereocenters. The van der Waals surface area contributed by atoms with Crippen molar-refractivity contribution < 1.29 is 4.74 Å². The summed E-state index contributed by atoms with van der Waals surface area (Å²) in [6.45, 7) is 9.57. The van der Waals surface area contributed by atoms with E-state index >= 15 is 0 Å². The highest BCUT2D eigenvalue weighted by Crippen LogP contribution is 2.27. The highest BCUT2D eigenvalue weighted by atomic mass is 16.5. The van der Waals surface area contributed by atoms with Crippen molar-refractivity contribution in [2.24, 2.45) is 0 Å². The van der Waals surface area contributed by atoms with E-state index in [2.05, 4.69) is 34.1 Å². The Morgan fingerprint density at radius 1 is 1.14 bits per heavy atom. The van der Waals surface area contributed by atoms with E-state index in [1.807, 2.05) is 26.1 Å². The van der Waals surface area contributed by atoms with E-state index in [1.54, 1.807) is 6.20 Å². The number of hydrogen-bond acceptors (Lipinski definition) is 5. The summed E-state index contributed by atoms with van der Waals surface area (Å²) in [6.07, 6.45) is 4.51. The second kappa shape index (κ2) is 7.02. The molecule has 0 aromatic carbocycles. The molecule has 5 heteroatoms. The molecule has 0 amide bonds. The second-order valence-corrected chi connectivity index (χ2v) is 4.88. The van der Waals surface area contributed by atoms with Crippen molar-refractivity contribution in [3.05, 3.63) is 29.8 Å². The number of anilines is 1. The average molecular weight is 286 g/mol. The third kappa shape index (κ3) is 3.68. The van der Waals surface area contributed by atoms with Gasteiger partial charge in [-0.3, -0.25) is 4.98 Å². The first kappa shape index (κ1) is 15.2. The first-order valence-corrected chi connectivity index (χ1v) is 7.33. The Morgan fingerprint density at radius 2 is 1.95 bits per heavy atom. The lowest BCUT2D eigenvalue weighted by atomic mass is 10.1. The number of ether oxygens (including phenoxy) is 1. The molecule has 0 spiro atoms. The maximum atomic E-state index is 5.64. The van der Waals surface area contributed by atoms with E-state index in [1.165, 1.54) is 0 Å². The zero-order chi connectivity index (χ0) is 15.2. The molecule has 0 saturated carbocycles. The summed E-state index contributed by atoms with van der Waals surface area (Å²) in [5.74, 6) is 2.39.